The molecule has 1 unspecified atom stereocenters. The zero-order chi connectivity index (χ0) is 15.4. The second-order valence-electron chi connectivity index (χ2n) is 5.49. The summed E-state index contributed by atoms with van der Waals surface area (Å²) in [6, 6.07) is 7.50. The molecule has 0 aromatic heterocycles. The lowest BCUT2D eigenvalue weighted by molar-refractivity contribution is -0.150. The van der Waals surface area contributed by atoms with Crippen molar-refractivity contribution < 1.29 is 14.3 Å². The number of likely N-dealkylation sites (tertiary alicyclic amines) is 1. The number of amides is 2. The Balaban J connectivity index is 2.19. The number of nitrogens with one attached hydrogen (secondary N) is 1. The van der Waals surface area contributed by atoms with Gasteiger partial charge in [-0.15, -0.1) is 0 Å². The number of para-hydroxylation sites is 1. The maximum absolute atomic E-state index is 12.1. The summed E-state index contributed by atoms with van der Waals surface area (Å²) < 4.78 is 5.36. The van der Waals surface area contributed by atoms with Gasteiger partial charge in [0.1, 0.15) is 5.75 Å². The van der Waals surface area contributed by atoms with Crippen molar-refractivity contribution in [1.82, 2.24) is 10.2 Å². The summed E-state index contributed by atoms with van der Waals surface area (Å²) in [7, 11) is 3.43. The maximum atomic E-state index is 12.1. The van der Waals surface area contributed by atoms with Gasteiger partial charge in [0.15, 0.2) is 0 Å². The number of hydrogen-bond donors (Lipinski definition) is 1. The van der Waals surface area contributed by atoms with Gasteiger partial charge < -0.3 is 10.1 Å². The van der Waals surface area contributed by atoms with E-state index >= 15 is 0 Å². The zero-order valence-corrected chi connectivity index (χ0v) is 12.8. The topological polar surface area (TPSA) is 58.6 Å². The van der Waals surface area contributed by atoms with Crippen molar-refractivity contribution in [3.63, 3.8) is 0 Å². The minimum absolute atomic E-state index is 0.0890. The Hall–Kier alpha value is -1.88. The molecule has 1 fully saturated rings. The summed E-state index contributed by atoms with van der Waals surface area (Å²) in [4.78, 5) is 25.6. The molecule has 21 heavy (non-hydrogen) atoms. The van der Waals surface area contributed by atoms with Gasteiger partial charge in [0.05, 0.1) is 13.2 Å². The molecular weight excluding hydrogens is 268 g/mol. The molecule has 1 N–H and O–H groups in total. The van der Waals surface area contributed by atoms with Gasteiger partial charge in [0.25, 0.3) is 0 Å². The van der Waals surface area contributed by atoms with Crippen LogP contribution in [0.15, 0.2) is 24.3 Å². The molecule has 2 rings (SSSR count). The molecule has 5 heteroatoms. The van der Waals surface area contributed by atoms with Gasteiger partial charge in [0.2, 0.25) is 11.8 Å². The molecule has 114 valence electrons. The summed E-state index contributed by atoms with van der Waals surface area (Å²) in [6.07, 6.45) is 0.877. The molecule has 5 nitrogen and oxygen atoms in total. The van der Waals surface area contributed by atoms with Crippen LogP contribution in [0.1, 0.15) is 31.4 Å². The van der Waals surface area contributed by atoms with Crippen LogP contribution in [0.25, 0.3) is 0 Å². The van der Waals surface area contributed by atoms with Crippen LogP contribution in [-0.4, -0.2) is 37.4 Å². The first-order valence-corrected chi connectivity index (χ1v) is 7.20. The van der Waals surface area contributed by atoms with Crippen LogP contribution < -0.4 is 10.1 Å². The fourth-order valence-electron chi connectivity index (χ4n) is 2.71. The first-order valence-electron chi connectivity index (χ1n) is 7.20. The fourth-order valence-corrected chi connectivity index (χ4v) is 2.71. The van der Waals surface area contributed by atoms with Gasteiger partial charge in [-0.3, -0.25) is 14.5 Å². The van der Waals surface area contributed by atoms with Crippen LogP contribution >= 0.6 is 0 Å². The molecule has 0 radical (unpaired) electrons. The first-order chi connectivity index (χ1) is 10.1. The van der Waals surface area contributed by atoms with Crippen molar-refractivity contribution in [1.29, 1.82) is 0 Å². The first kappa shape index (κ1) is 15.5. The van der Waals surface area contributed by atoms with E-state index in [4.69, 9.17) is 4.74 Å². The Kier molecular flexibility index (Phi) is 4.96. The summed E-state index contributed by atoms with van der Waals surface area (Å²) in [5.41, 5.74) is 0.946. The smallest absolute Gasteiger partial charge is 0.229 e. The number of methoxy groups -OCH3 is 1. The largest absolute Gasteiger partial charge is 0.496 e. The molecule has 0 bridgehead atoms. The van der Waals surface area contributed by atoms with Crippen LogP contribution in [-0.2, 0) is 9.59 Å². The number of piperidine rings is 1. The van der Waals surface area contributed by atoms with Gasteiger partial charge >= 0.3 is 0 Å². The molecule has 1 aromatic carbocycles. The number of likely N-dealkylation sites (N-methyl/N-ethyl adjacent to an activating group) is 1. The average molecular weight is 290 g/mol. The number of nitrogens with zero attached hydrogens (tertiary/aromatic N) is 1. The van der Waals surface area contributed by atoms with Crippen molar-refractivity contribution in [2.45, 2.75) is 25.8 Å². The second kappa shape index (κ2) is 6.72. The molecule has 1 aliphatic rings. The Bertz CT molecular complexity index is 512. The van der Waals surface area contributed by atoms with E-state index in [1.807, 2.05) is 38.2 Å². The normalized spacial score (nSPS) is 18.0. The minimum Gasteiger partial charge on any atom is -0.496 e. The number of imide groups is 1. The van der Waals surface area contributed by atoms with Crippen LogP contribution in [0, 0.1) is 5.92 Å². The number of hydrogen-bond acceptors (Lipinski definition) is 4. The molecule has 0 saturated carbocycles. The lowest BCUT2D eigenvalue weighted by Crippen LogP contribution is -2.46. The molecular formula is C16H22N2O3. The predicted molar refractivity (Wildman–Crippen MR) is 79.9 cm³/mol. The van der Waals surface area contributed by atoms with Gasteiger partial charge in [-0.2, -0.15) is 0 Å². The van der Waals surface area contributed by atoms with Crippen LogP contribution in [0.4, 0.5) is 0 Å². The summed E-state index contributed by atoms with van der Waals surface area (Å²) in [5.74, 6) is 0.713. The van der Waals surface area contributed by atoms with Crippen molar-refractivity contribution in [3.05, 3.63) is 29.8 Å². The Morgan fingerprint density at radius 2 is 1.90 bits per heavy atom. The SMILES string of the molecule is CNC(CN1C(=O)CC(C)CC1=O)c1ccccc1OC. The van der Waals surface area contributed by atoms with E-state index in [-0.39, 0.29) is 23.8 Å². The van der Waals surface area contributed by atoms with E-state index in [9.17, 15) is 9.59 Å². The summed E-state index contributed by atoms with van der Waals surface area (Å²) in [6.45, 7) is 2.27. The van der Waals surface area contributed by atoms with Crippen LogP contribution in [0.2, 0.25) is 0 Å². The third-order valence-corrected chi connectivity index (χ3v) is 3.88. The Morgan fingerprint density at radius 3 is 2.48 bits per heavy atom. The predicted octanol–water partition coefficient (Wildman–Crippen LogP) is 1.74. The Labute approximate surface area is 125 Å². The minimum atomic E-state index is -0.137. The maximum Gasteiger partial charge on any atom is 0.229 e. The number of ether oxygens (including phenoxy) is 1. The molecule has 1 saturated heterocycles. The number of benzene rings is 1. The van der Waals surface area contributed by atoms with Crippen molar-refractivity contribution in [2.24, 2.45) is 5.92 Å². The highest BCUT2D eigenvalue weighted by Crippen LogP contribution is 2.27. The van der Waals surface area contributed by atoms with Crippen LogP contribution in [0.3, 0.4) is 0 Å². The van der Waals surface area contributed by atoms with E-state index < -0.39 is 0 Å². The number of rotatable bonds is 5. The highest BCUT2D eigenvalue weighted by atomic mass is 16.5. The monoisotopic (exact) mass is 290 g/mol. The van der Waals surface area contributed by atoms with Crippen molar-refractivity contribution in [3.8, 4) is 5.75 Å². The molecule has 0 spiro atoms. The molecule has 1 heterocycles. The van der Waals surface area contributed by atoms with Crippen molar-refractivity contribution in [2.75, 3.05) is 20.7 Å². The van der Waals surface area contributed by atoms with Gasteiger partial charge in [-0.05, 0) is 19.0 Å². The van der Waals surface area contributed by atoms with Gasteiger partial charge in [-0.25, -0.2) is 0 Å². The number of carbonyl (C=O) groups excluding carboxylic acids is 2. The Morgan fingerprint density at radius 1 is 1.29 bits per heavy atom. The quantitative estimate of drug-likeness (QED) is 0.839. The van der Waals surface area contributed by atoms with Gasteiger partial charge in [-0.1, -0.05) is 25.1 Å². The van der Waals surface area contributed by atoms with E-state index in [0.717, 1.165) is 11.3 Å². The van der Waals surface area contributed by atoms with E-state index in [1.165, 1.54) is 4.90 Å². The van der Waals surface area contributed by atoms with Gasteiger partial charge in [0, 0.05) is 24.9 Å². The third kappa shape index (κ3) is 3.42. The third-order valence-electron chi connectivity index (χ3n) is 3.88. The number of carbonyl (C=O) groups is 2. The van der Waals surface area contributed by atoms with E-state index in [2.05, 4.69) is 5.32 Å². The lowest BCUT2D eigenvalue weighted by atomic mass is 9.96. The second-order valence-corrected chi connectivity index (χ2v) is 5.49. The highest BCUT2D eigenvalue weighted by Gasteiger charge is 2.32. The standard InChI is InChI=1S/C16H22N2O3/c1-11-8-15(19)18(16(20)9-11)10-13(17-2)12-6-4-5-7-14(12)21-3/h4-7,11,13,17H,8-10H2,1-3H3. The fraction of sp³-hybridized carbons (Fsp3) is 0.500. The molecule has 0 aliphatic carbocycles. The van der Waals surface area contributed by atoms with E-state index in [0.29, 0.717) is 19.4 Å². The summed E-state index contributed by atoms with van der Waals surface area (Å²) >= 11 is 0. The summed E-state index contributed by atoms with van der Waals surface area (Å²) in [5, 5.41) is 3.17. The highest BCUT2D eigenvalue weighted by molar-refractivity contribution is 5.97. The molecule has 1 aliphatic heterocycles. The van der Waals surface area contributed by atoms with Crippen molar-refractivity contribution >= 4 is 11.8 Å². The molecule has 1 aromatic rings. The molecule has 2 amide bonds. The van der Waals surface area contributed by atoms with Crippen LogP contribution in [0.5, 0.6) is 5.75 Å². The average Bonchev–Trinajstić information content (AvgIpc) is 2.46. The molecule has 1 atom stereocenters. The zero-order valence-electron chi connectivity index (χ0n) is 12.8. The lowest BCUT2D eigenvalue weighted by Gasteiger charge is -2.31. The van der Waals surface area contributed by atoms with E-state index in [1.54, 1.807) is 7.11 Å².